The van der Waals surface area contributed by atoms with Gasteiger partial charge in [0, 0.05) is 23.7 Å². The first-order chi connectivity index (χ1) is 5.40. The largest absolute Gasteiger partial charge is 0.346 e. The van der Waals surface area contributed by atoms with E-state index in [0.29, 0.717) is 5.88 Å². The zero-order valence-corrected chi connectivity index (χ0v) is 7.82. The van der Waals surface area contributed by atoms with Crippen molar-refractivity contribution in [2.75, 3.05) is 0 Å². The molecule has 2 aromatic heterocycles. The van der Waals surface area contributed by atoms with Crippen molar-refractivity contribution in [2.24, 2.45) is 0 Å². The molecule has 64 valence electrons. The predicted octanol–water partition coefficient (Wildman–Crippen LogP) is 2.72. The van der Waals surface area contributed by atoms with E-state index in [4.69, 9.17) is 11.6 Å². The Morgan fingerprint density at radius 2 is 2.33 bits per heavy atom. The number of pyridine rings is 1. The number of rotatable bonds is 1. The molecule has 0 amide bonds. The van der Waals surface area contributed by atoms with Gasteiger partial charge in [-0.05, 0) is 17.7 Å². The van der Waals surface area contributed by atoms with Gasteiger partial charge in [-0.1, -0.05) is 0 Å². The monoisotopic (exact) mass is 202 g/mol. The van der Waals surface area contributed by atoms with Crippen LogP contribution in [0.5, 0.6) is 0 Å². The maximum Gasteiger partial charge on any atom is 0.137 e. The molecule has 0 fully saturated rings. The molecule has 0 radical (unpaired) electrons. The Balaban J connectivity index is 0.000000720. The number of aromatic nitrogens is 2. The Labute approximate surface area is 81.4 Å². The van der Waals surface area contributed by atoms with Crippen molar-refractivity contribution in [3.05, 3.63) is 30.1 Å². The van der Waals surface area contributed by atoms with Crippen molar-refractivity contribution in [3.8, 4) is 0 Å². The number of H-pyrrole nitrogens is 1. The molecular weight excluding hydrogens is 195 g/mol. The van der Waals surface area contributed by atoms with E-state index in [1.165, 1.54) is 0 Å². The van der Waals surface area contributed by atoms with Gasteiger partial charge < -0.3 is 4.98 Å². The standard InChI is InChI=1S/C8H7ClN2.ClH/c9-4-6-3-7-1-2-10-8(7)11-5-6;/h1-3,5H,4H2,(H,10,11);1H. The van der Waals surface area contributed by atoms with Crippen molar-refractivity contribution >= 4 is 35.0 Å². The molecule has 0 unspecified atom stereocenters. The van der Waals surface area contributed by atoms with Crippen LogP contribution in [0.1, 0.15) is 5.56 Å². The first kappa shape index (κ1) is 9.36. The van der Waals surface area contributed by atoms with Crippen molar-refractivity contribution in [3.63, 3.8) is 0 Å². The molecule has 1 N–H and O–H groups in total. The number of alkyl halides is 1. The Bertz CT molecular complexity index is 370. The van der Waals surface area contributed by atoms with Gasteiger partial charge in [-0.15, -0.1) is 24.0 Å². The summed E-state index contributed by atoms with van der Waals surface area (Å²) in [5, 5.41) is 1.11. The highest BCUT2D eigenvalue weighted by Crippen LogP contribution is 2.12. The number of fused-ring (bicyclic) bond motifs is 1. The van der Waals surface area contributed by atoms with Gasteiger partial charge in [0.1, 0.15) is 5.65 Å². The molecule has 0 saturated carbocycles. The normalized spacial score (nSPS) is 9.75. The van der Waals surface area contributed by atoms with E-state index >= 15 is 0 Å². The summed E-state index contributed by atoms with van der Waals surface area (Å²) in [5.41, 5.74) is 1.97. The molecule has 0 aliphatic heterocycles. The fraction of sp³-hybridized carbons (Fsp3) is 0.125. The molecule has 0 aliphatic rings. The molecule has 2 rings (SSSR count). The number of hydrogen-bond acceptors (Lipinski definition) is 1. The molecule has 2 heterocycles. The second-order valence-electron chi connectivity index (χ2n) is 2.39. The average Bonchev–Trinajstić information content (AvgIpc) is 2.50. The van der Waals surface area contributed by atoms with Crippen LogP contribution in [0, 0.1) is 0 Å². The molecule has 12 heavy (non-hydrogen) atoms. The van der Waals surface area contributed by atoms with E-state index in [0.717, 1.165) is 16.6 Å². The Morgan fingerprint density at radius 1 is 1.50 bits per heavy atom. The van der Waals surface area contributed by atoms with Crippen LogP contribution in [-0.2, 0) is 5.88 Å². The second kappa shape index (κ2) is 3.78. The lowest BCUT2D eigenvalue weighted by Crippen LogP contribution is -1.80. The van der Waals surface area contributed by atoms with E-state index < -0.39 is 0 Å². The third kappa shape index (κ3) is 1.54. The lowest BCUT2D eigenvalue weighted by atomic mass is 10.2. The first-order valence-corrected chi connectivity index (χ1v) is 3.91. The average molecular weight is 203 g/mol. The van der Waals surface area contributed by atoms with Crippen molar-refractivity contribution in [2.45, 2.75) is 5.88 Å². The molecule has 2 nitrogen and oxygen atoms in total. The molecular formula is C8H8Cl2N2. The zero-order chi connectivity index (χ0) is 7.68. The van der Waals surface area contributed by atoms with Crippen LogP contribution in [0.2, 0.25) is 0 Å². The summed E-state index contributed by atoms with van der Waals surface area (Å²) in [6.45, 7) is 0. The highest BCUT2D eigenvalue weighted by Gasteiger charge is 1.95. The fourth-order valence-electron chi connectivity index (χ4n) is 1.06. The van der Waals surface area contributed by atoms with Gasteiger partial charge in [-0.2, -0.15) is 0 Å². The minimum absolute atomic E-state index is 0. The third-order valence-electron chi connectivity index (χ3n) is 1.61. The molecule has 2 aromatic rings. The van der Waals surface area contributed by atoms with Crippen LogP contribution < -0.4 is 0 Å². The minimum Gasteiger partial charge on any atom is -0.346 e. The lowest BCUT2D eigenvalue weighted by molar-refractivity contribution is 1.27. The maximum absolute atomic E-state index is 5.64. The zero-order valence-electron chi connectivity index (χ0n) is 6.25. The SMILES string of the molecule is Cl.ClCc1cnc2[nH]ccc2c1. The highest BCUT2D eigenvalue weighted by atomic mass is 35.5. The van der Waals surface area contributed by atoms with Crippen LogP contribution in [0.15, 0.2) is 24.5 Å². The Kier molecular flexibility index (Phi) is 2.95. The predicted molar refractivity (Wildman–Crippen MR) is 52.9 cm³/mol. The van der Waals surface area contributed by atoms with Crippen molar-refractivity contribution in [1.29, 1.82) is 0 Å². The number of hydrogen-bond donors (Lipinski definition) is 1. The van der Waals surface area contributed by atoms with E-state index in [1.54, 1.807) is 6.20 Å². The van der Waals surface area contributed by atoms with Crippen LogP contribution in [0.3, 0.4) is 0 Å². The highest BCUT2D eigenvalue weighted by molar-refractivity contribution is 6.17. The van der Waals surface area contributed by atoms with E-state index in [1.807, 2.05) is 18.3 Å². The van der Waals surface area contributed by atoms with Gasteiger partial charge in [0.25, 0.3) is 0 Å². The topological polar surface area (TPSA) is 28.7 Å². The number of nitrogens with one attached hydrogen (secondary N) is 1. The van der Waals surface area contributed by atoms with Gasteiger partial charge >= 0.3 is 0 Å². The number of aromatic amines is 1. The number of halogens is 2. The van der Waals surface area contributed by atoms with E-state index in [9.17, 15) is 0 Å². The smallest absolute Gasteiger partial charge is 0.137 e. The van der Waals surface area contributed by atoms with Crippen LogP contribution in [-0.4, -0.2) is 9.97 Å². The Morgan fingerprint density at radius 3 is 3.08 bits per heavy atom. The van der Waals surface area contributed by atoms with Gasteiger partial charge in [-0.3, -0.25) is 0 Å². The molecule has 0 saturated heterocycles. The van der Waals surface area contributed by atoms with Crippen LogP contribution in [0.4, 0.5) is 0 Å². The summed E-state index contributed by atoms with van der Waals surface area (Å²) in [6, 6.07) is 4.02. The van der Waals surface area contributed by atoms with Gasteiger partial charge in [0.05, 0.1) is 0 Å². The second-order valence-corrected chi connectivity index (χ2v) is 2.66. The fourth-order valence-corrected chi connectivity index (χ4v) is 1.20. The Hall–Kier alpha value is -0.730. The molecule has 0 aromatic carbocycles. The summed E-state index contributed by atoms with van der Waals surface area (Å²) in [5.74, 6) is 0.522. The van der Waals surface area contributed by atoms with Crippen molar-refractivity contribution < 1.29 is 0 Å². The summed E-state index contributed by atoms with van der Waals surface area (Å²) < 4.78 is 0. The molecule has 4 heteroatoms. The summed E-state index contributed by atoms with van der Waals surface area (Å²) in [7, 11) is 0. The first-order valence-electron chi connectivity index (χ1n) is 3.38. The van der Waals surface area contributed by atoms with Gasteiger partial charge in [-0.25, -0.2) is 4.98 Å². The molecule has 0 bridgehead atoms. The van der Waals surface area contributed by atoms with Crippen LogP contribution >= 0.6 is 24.0 Å². The summed E-state index contributed by atoms with van der Waals surface area (Å²) >= 11 is 5.64. The molecule has 0 aliphatic carbocycles. The quantitative estimate of drug-likeness (QED) is 0.709. The van der Waals surface area contributed by atoms with Gasteiger partial charge in [0.2, 0.25) is 0 Å². The lowest BCUT2D eigenvalue weighted by Gasteiger charge is -1.92. The van der Waals surface area contributed by atoms with Gasteiger partial charge in [0.15, 0.2) is 0 Å². The summed E-state index contributed by atoms with van der Waals surface area (Å²) in [6.07, 6.45) is 3.65. The van der Waals surface area contributed by atoms with E-state index in [-0.39, 0.29) is 12.4 Å². The maximum atomic E-state index is 5.64. The van der Waals surface area contributed by atoms with Crippen LogP contribution in [0.25, 0.3) is 11.0 Å². The third-order valence-corrected chi connectivity index (χ3v) is 1.92. The molecule has 0 spiro atoms. The summed E-state index contributed by atoms with van der Waals surface area (Å²) in [4.78, 5) is 7.19. The van der Waals surface area contributed by atoms with E-state index in [2.05, 4.69) is 9.97 Å². The number of nitrogens with zero attached hydrogens (tertiary/aromatic N) is 1. The molecule has 0 atom stereocenters. The van der Waals surface area contributed by atoms with Crippen molar-refractivity contribution in [1.82, 2.24) is 9.97 Å². The minimum atomic E-state index is 0.